The molecule has 2 aromatic carbocycles. The Morgan fingerprint density at radius 3 is 2.57 bits per heavy atom. The SMILES string of the molecule is Cc1cccc(C(C)C)c1NC(=O)CSc1nc(Cc2ccccc2)c(C)[nH]1. The minimum atomic E-state index is -0.0140. The fraction of sp³-hybridized carbons (Fsp3) is 0.304. The summed E-state index contributed by atoms with van der Waals surface area (Å²) >= 11 is 1.43. The number of amides is 1. The van der Waals surface area contributed by atoms with Gasteiger partial charge in [-0.1, -0.05) is 74.1 Å². The Labute approximate surface area is 171 Å². The van der Waals surface area contributed by atoms with E-state index in [2.05, 4.69) is 47.3 Å². The molecule has 0 aliphatic carbocycles. The summed E-state index contributed by atoms with van der Waals surface area (Å²) in [5.74, 6) is 0.667. The number of anilines is 1. The molecule has 0 saturated carbocycles. The van der Waals surface area contributed by atoms with Crippen LogP contribution in [0.2, 0.25) is 0 Å². The van der Waals surface area contributed by atoms with Crippen LogP contribution in [0.5, 0.6) is 0 Å². The maximum atomic E-state index is 12.5. The maximum absolute atomic E-state index is 12.5. The van der Waals surface area contributed by atoms with Crippen molar-refractivity contribution in [2.24, 2.45) is 0 Å². The highest BCUT2D eigenvalue weighted by molar-refractivity contribution is 7.99. The summed E-state index contributed by atoms with van der Waals surface area (Å²) in [6.07, 6.45) is 0.789. The Morgan fingerprint density at radius 2 is 1.86 bits per heavy atom. The number of carbonyl (C=O) groups is 1. The second-order valence-corrected chi connectivity index (χ2v) is 8.27. The van der Waals surface area contributed by atoms with Gasteiger partial charge >= 0.3 is 0 Å². The third-order valence-corrected chi connectivity index (χ3v) is 5.58. The molecule has 3 rings (SSSR count). The number of H-pyrrole nitrogens is 1. The van der Waals surface area contributed by atoms with Gasteiger partial charge in [-0.2, -0.15) is 0 Å². The molecular formula is C23H27N3OS. The molecule has 146 valence electrons. The van der Waals surface area contributed by atoms with E-state index < -0.39 is 0 Å². The van der Waals surface area contributed by atoms with E-state index in [4.69, 9.17) is 0 Å². The third kappa shape index (κ3) is 5.04. The standard InChI is InChI=1S/C23H27N3OS/c1-15(2)19-12-8-9-16(3)22(19)26-21(27)14-28-23-24-17(4)20(25-23)13-18-10-6-5-7-11-18/h5-12,15H,13-14H2,1-4H3,(H,24,25)(H,26,27). The average molecular weight is 394 g/mol. The van der Waals surface area contributed by atoms with Crippen LogP contribution in [0, 0.1) is 13.8 Å². The van der Waals surface area contributed by atoms with Crippen LogP contribution in [-0.2, 0) is 11.2 Å². The van der Waals surface area contributed by atoms with E-state index in [1.807, 2.05) is 44.2 Å². The lowest BCUT2D eigenvalue weighted by atomic mass is 9.98. The molecule has 0 fully saturated rings. The Balaban J connectivity index is 1.62. The lowest BCUT2D eigenvalue weighted by Crippen LogP contribution is -2.16. The molecule has 0 spiro atoms. The van der Waals surface area contributed by atoms with Gasteiger partial charge in [-0.05, 0) is 36.5 Å². The molecule has 0 bridgehead atoms. The number of thioether (sulfide) groups is 1. The van der Waals surface area contributed by atoms with Crippen LogP contribution in [0.15, 0.2) is 53.7 Å². The third-order valence-electron chi connectivity index (χ3n) is 4.71. The van der Waals surface area contributed by atoms with Gasteiger partial charge in [0.05, 0.1) is 11.4 Å². The summed E-state index contributed by atoms with van der Waals surface area (Å²) in [6, 6.07) is 16.4. The molecule has 1 aromatic heterocycles. The maximum Gasteiger partial charge on any atom is 0.234 e. The van der Waals surface area contributed by atoms with Crippen molar-refractivity contribution in [3.05, 3.63) is 76.6 Å². The van der Waals surface area contributed by atoms with Gasteiger partial charge < -0.3 is 10.3 Å². The molecular weight excluding hydrogens is 366 g/mol. The van der Waals surface area contributed by atoms with Crippen molar-refractivity contribution in [2.45, 2.75) is 45.2 Å². The van der Waals surface area contributed by atoms with Crippen LogP contribution in [-0.4, -0.2) is 21.6 Å². The fourth-order valence-electron chi connectivity index (χ4n) is 3.15. The molecule has 4 nitrogen and oxygen atoms in total. The lowest BCUT2D eigenvalue weighted by Gasteiger charge is -2.16. The first kappa shape index (κ1) is 20.2. The molecule has 1 amide bonds. The number of nitrogens with zero attached hydrogens (tertiary/aromatic N) is 1. The van der Waals surface area contributed by atoms with Crippen LogP contribution >= 0.6 is 11.8 Å². The second kappa shape index (κ2) is 9.11. The van der Waals surface area contributed by atoms with Crippen LogP contribution in [0.25, 0.3) is 0 Å². The van der Waals surface area contributed by atoms with Gasteiger partial charge in [0, 0.05) is 17.8 Å². The van der Waals surface area contributed by atoms with E-state index in [0.29, 0.717) is 11.7 Å². The minimum absolute atomic E-state index is 0.0140. The first-order chi connectivity index (χ1) is 13.4. The number of rotatable bonds is 7. The highest BCUT2D eigenvalue weighted by atomic mass is 32.2. The number of carbonyl (C=O) groups excluding carboxylic acids is 1. The van der Waals surface area contributed by atoms with Crippen LogP contribution in [0.4, 0.5) is 5.69 Å². The van der Waals surface area contributed by atoms with Gasteiger partial charge in [0.25, 0.3) is 0 Å². The average Bonchev–Trinajstić information content (AvgIpc) is 3.02. The zero-order valence-corrected chi connectivity index (χ0v) is 17.7. The zero-order valence-electron chi connectivity index (χ0n) is 16.9. The summed E-state index contributed by atoms with van der Waals surface area (Å²) in [4.78, 5) is 20.5. The molecule has 28 heavy (non-hydrogen) atoms. The van der Waals surface area contributed by atoms with Crippen molar-refractivity contribution < 1.29 is 4.79 Å². The van der Waals surface area contributed by atoms with E-state index in [1.165, 1.54) is 17.3 Å². The molecule has 0 saturated heterocycles. The van der Waals surface area contributed by atoms with Gasteiger partial charge in [-0.15, -0.1) is 0 Å². The molecule has 3 aromatic rings. The van der Waals surface area contributed by atoms with Crippen molar-refractivity contribution >= 4 is 23.4 Å². The Hall–Kier alpha value is -2.53. The summed E-state index contributed by atoms with van der Waals surface area (Å²) in [7, 11) is 0. The quantitative estimate of drug-likeness (QED) is 0.523. The van der Waals surface area contributed by atoms with Gasteiger partial charge in [0.1, 0.15) is 0 Å². The predicted molar refractivity (Wildman–Crippen MR) is 117 cm³/mol. The first-order valence-electron chi connectivity index (χ1n) is 9.55. The topological polar surface area (TPSA) is 57.8 Å². The summed E-state index contributed by atoms with van der Waals surface area (Å²) in [5, 5.41) is 3.87. The minimum Gasteiger partial charge on any atom is -0.337 e. The van der Waals surface area contributed by atoms with Gasteiger partial charge in [-0.3, -0.25) is 4.79 Å². The predicted octanol–water partition coefficient (Wildman–Crippen LogP) is 5.47. The second-order valence-electron chi connectivity index (χ2n) is 7.31. The van der Waals surface area contributed by atoms with Crippen molar-refractivity contribution in [1.82, 2.24) is 9.97 Å². The molecule has 1 heterocycles. The molecule has 0 aliphatic heterocycles. The molecule has 0 unspecified atom stereocenters. The molecule has 2 N–H and O–H groups in total. The van der Waals surface area contributed by atoms with Gasteiger partial charge in [0.2, 0.25) is 5.91 Å². The van der Waals surface area contributed by atoms with Crippen LogP contribution < -0.4 is 5.32 Å². The largest absolute Gasteiger partial charge is 0.337 e. The number of hydrogen-bond donors (Lipinski definition) is 2. The van der Waals surface area contributed by atoms with E-state index >= 15 is 0 Å². The Morgan fingerprint density at radius 1 is 1.11 bits per heavy atom. The highest BCUT2D eigenvalue weighted by Gasteiger charge is 2.14. The number of para-hydroxylation sites is 1. The van der Waals surface area contributed by atoms with E-state index in [1.54, 1.807) is 0 Å². The Bertz CT molecular complexity index is 948. The number of benzene rings is 2. The number of aromatic amines is 1. The fourth-order valence-corrected chi connectivity index (χ4v) is 3.89. The molecule has 5 heteroatoms. The zero-order chi connectivity index (χ0) is 20.1. The molecule has 0 atom stereocenters. The summed E-state index contributed by atoms with van der Waals surface area (Å²) in [6.45, 7) is 8.33. The number of aryl methyl sites for hydroxylation is 2. The van der Waals surface area contributed by atoms with E-state index in [-0.39, 0.29) is 5.91 Å². The van der Waals surface area contributed by atoms with Crippen molar-refractivity contribution in [2.75, 3.05) is 11.1 Å². The molecule has 0 aliphatic rings. The summed E-state index contributed by atoms with van der Waals surface area (Å²) in [5.41, 5.74) is 6.49. The molecule has 0 radical (unpaired) electrons. The normalized spacial score (nSPS) is 11.0. The number of aromatic nitrogens is 2. The van der Waals surface area contributed by atoms with Crippen LogP contribution in [0.1, 0.15) is 47.8 Å². The first-order valence-corrected chi connectivity index (χ1v) is 10.5. The van der Waals surface area contributed by atoms with Crippen molar-refractivity contribution in [3.63, 3.8) is 0 Å². The Kier molecular flexibility index (Phi) is 6.57. The lowest BCUT2D eigenvalue weighted by molar-refractivity contribution is -0.113. The number of imidazole rings is 1. The summed E-state index contributed by atoms with van der Waals surface area (Å²) < 4.78 is 0. The number of nitrogens with one attached hydrogen (secondary N) is 2. The highest BCUT2D eigenvalue weighted by Crippen LogP contribution is 2.28. The van der Waals surface area contributed by atoms with Gasteiger partial charge in [-0.25, -0.2) is 4.98 Å². The smallest absolute Gasteiger partial charge is 0.234 e. The van der Waals surface area contributed by atoms with Crippen molar-refractivity contribution in [1.29, 1.82) is 0 Å². The van der Waals surface area contributed by atoms with Crippen molar-refractivity contribution in [3.8, 4) is 0 Å². The van der Waals surface area contributed by atoms with Gasteiger partial charge in [0.15, 0.2) is 5.16 Å². The number of hydrogen-bond acceptors (Lipinski definition) is 3. The van der Waals surface area contributed by atoms with E-state index in [9.17, 15) is 4.79 Å². The van der Waals surface area contributed by atoms with E-state index in [0.717, 1.165) is 39.8 Å². The monoisotopic (exact) mass is 393 g/mol. The van der Waals surface area contributed by atoms with Crippen LogP contribution in [0.3, 0.4) is 0 Å².